The Balaban J connectivity index is -0.0000000800. The zero-order valence-electron chi connectivity index (χ0n) is 4.91. The predicted octanol–water partition coefficient (Wildman–Crippen LogP) is -1.96. The van der Waals surface area contributed by atoms with Gasteiger partial charge in [-0.2, -0.15) is 0 Å². The molecular weight excluding hydrogens is 165 g/mol. The Morgan fingerprint density at radius 2 is 1.43 bits per heavy atom. The van der Waals surface area contributed by atoms with Gasteiger partial charge >= 0.3 is 19.5 Å². The number of hydrogen-bond acceptors (Lipinski definition) is 1. The third kappa shape index (κ3) is 19.8. The van der Waals surface area contributed by atoms with Crippen LogP contribution in [0.1, 0.15) is 13.8 Å². The van der Waals surface area contributed by atoms with E-state index >= 15 is 0 Å². The summed E-state index contributed by atoms with van der Waals surface area (Å²) in [5, 5.41) is 0. The molecule has 0 unspecified atom stereocenters. The van der Waals surface area contributed by atoms with Crippen molar-refractivity contribution >= 4 is 0 Å². The number of rotatable bonds is 2. The summed E-state index contributed by atoms with van der Waals surface area (Å²) in [4.78, 5) is 0. The van der Waals surface area contributed by atoms with Crippen LogP contribution >= 0.6 is 0 Å². The zero-order valence-corrected chi connectivity index (χ0v) is 8.63. The van der Waals surface area contributed by atoms with E-state index in [1.54, 1.807) is 0 Å². The molecule has 0 aliphatic rings. The molecule has 0 fully saturated rings. The van der Waals surface area contributed by atoms with Gasteiger partial charge in [0, 0.05) is 13.2 Å². The fraction of sp³-hybridized carbons (Fsp3) is 1.00. The first kappa shape index (κ1) is 15.7. The number of ether oxygens (including phenoxy) is 1. The molecule has 0 bridgehead atoms. The molecule has 0 aliphatic heterocycles. The van der Waals surface area contributed by atoms with Gasteiger partial charge in [-0.25, -0.2) is 0 Å². The van der Waals surface area contributed by atoms with Crippen molar-refractivity contribution in [2.75, 3.05) is 13.2 Å². The molecule has 0 saturated carbocycles. The van der Waals surface area contributed by atoms with Crippen LogP contribution in [0.15, 0.2) is 0 Å². The van der Waals surface area contributed by atoms with Crippen LogP contribution in [-0.2, 0) is 24.2 Å². The zero-order chi connectivity index (χ0) is 4.12. The van der Waals surface area contributed by atoms with Crippen molar-refractivity contribution in [3.8, 4) is 0 Å². The molecule has 0 rings (SSSR count). The maximum Gasteiger partial charge on any atom is 2.00 e. The van der Waals surface area contributed by atoms with Gasteiger partial charge < -0.3 is 17.1 Å². The van der Waals surface area contributed by atoms with E-state index in [9.17, 15) is 0 Å². The van der Waals surface area contributed by atoms with Crippen LogP contribution in [0.25, 0.3) is 0 Å². The number of hydrogen-bond donors (Lipinski definition) is 0. The second kappa shape index (κ2) is 15.8. The molecular formula is C4H10ClOZn+. The van der Waals surface area contributed by atoms with Crippen LogP contribution in [0.4, 0.5) is 0 Å². The molecule has 0 atom stereocenters. The maximum atomic E-state index is 4.83. The molecule has 0 spiro atoms. The second-order valence-corrected chi connectivity index (χ2v) is 0.781. The summed E-state index contributed by atoms with van der Waals surface area (Å²) in [6.45, 7) is 5.67. The third-order valence-electron chi connectivity index (χ3n) is 0.408. The van der Waals surface area contributed by atoms with Gasteiger partial charge in [0.2, 0.25) is 0 Å². The normalized spacial score (nSPS) is 6.00. The van der Waals surface area contributed by atoms with E-state index in [1.807, 2.05) is 13.8 Å². The molecule has 1 nitrogen and oxygen atoms in total. The van der Waals surface area contributed by atoms with Crippen LogP contribution in [0.2, 0.25) is 0 Å². The van der Waals surface area contributed by atoms with Crippen molar-refractivity contribution < 1.29 is 36.6 Å². The second-order valence-electron chi connectivity index (χ2n) is 0.781. The summed E-state index contributed by atoms with van der Waals surface area (Å²) >= 11 is 0. The topological polar surface area (TPSA) is 9.23 Å². The molecule has 0 heterocycles. The van der Waals surface area contributed by atoms with Crippen LogP contribution in [-0.4, -0.2) is 13.2 Å². The number of halogens is 1. The predicted molar refractivity (Wildman–Crippen MR) is 22.2 cm³/mol. The van der Waals surface area contributed by atoms with E-state index in [4.69, 9.17) is 4.74 Å². The Morgan fingerprint density at radius 1 is 1.14 bits per heavy atom. The van der Waals surface area contributed by atoms with Gasteiger partial charge in [0.05, 0.1) is 0 Å². The van der Waals surface area contributed by atoms with Gasteiger partial charge in [-0.05, 0) is 13.8 Å². The van der Waals surface area contributed by atoms with E-state index < -0.39 is 0 Å². The van der Waals surface area contributed by atoms with Gasteiger partial charge in [-0.1, -0.05) is 0 Å². The van der Waals surface area contributed by atoms with Crippen molar-refractivity contribution in [1.82, 2.24) is 0 Å². The quantitative estimate of drug-likeness (QED) is 0.443. The fourth-order valence-corrected chi connectivity index (χ4v) is 0.204. The van der Waals surface area contributed by atoms with Crippen LogP contribution in [0, 0.1) is 0 Å². The molecule has 0 radical (unpaired) electrons. The molecule has 0 N–H and O–H groups in total. The molecule has 0 aromatic carbocycles. The van der Waals surface area contributed by atoms with Crippen molar-refractivity contribution in [1.29, 1.82) is 0 Å². The van der Waals surface area contributed by atoms with Gasteiger partial charge in [0.25, 0.3) is 0 Å². The van der Waals surface area contributed by atoms with Crippen LogP contribution in [0.5, 0.6) is 0 Å². The molecule has 7 heavy (non-hydrogen) atoms. The summed E-state index contributed by atoms with van der Waals surface area (Å²) in [7, 11) is 0. The van der Waals surface area contributed by atoms with Gasteiger partial charge in [0.1, 0.15) is 0 Å². The molecule has 0 amide bonds. The standard InChI is InChI=1S/C4H10O.ClH.Zn/c1-3-5-4-2;;/h3-4H2,1-2H3;1H;/q;;+2/p-1. The van der Waals surface area contributed by atoms with E-state index in [2.05, 4.69) is 0 Å². The molecule has 0 aromatic heterocycles. The van der Waals surface area contributed by atoms with Crippen molar-refractivity contribution in [2.45, 2.75) is 13.8 Å². The smallest absolute Gasteiger partial charge is 1.00 e. The van der Waals surface area contributed by atoms with Gasteiger partial charge in [-0.15, -0.1) is 0 Å². The van der Waals surface area contributed by atoms with Crippen molar-refractivity contribution in [3.05, 3.63) is 0 Å². The first-order chi connectivity index (χ1) is 2.41. The van der Waals surface area contributed by atoms with E-state index in [1.165, 1.54) is 0 Å². The average molecular weight is 175 g/mol. The maximum absolute atomic E-state index is 4.83. The Bertz CT molecular complexity index is 19.2. The first-order valence-electron chi connectivity index (χ1n) is 1.99. The Morgan fingerprint density at radius 3 is 1.43 bits per heavy atom. The van der Waals surface area contributed by atoms with Crippen molar-refractivity contribution in [2.24, 2.45) is 0 Å². The van der Waals surface area contributed by atoms with Gasteiger partial charge in [0.15, 0.2) is 0 Å². The van der Waals surface area contributed by atoms with E-state index in [0.717, 1.165) is 13.2 Å². The van der Waals surface area contributed by atoms with Crippen LogP contribution in [0.3, 0.4) is 0 Å². The minimum absolute atomic E-state index is 0. The van der Waals surface area contributed by atoms with E-state index in [-0.39, 0.29) is 31.9 Å². The first-order valence-corrected chi connectivity index (χ1v) is 1.99. The minimum atomic E-state index is 0. The monoisotopic (exact) mass is 173 g/mol. The van der Waals surface area contributed by atoms with Crippen LogP contribution < -0.4 is 12.4 Å². The largest absolute Gasteiger partial charge is 2.00 e. The summed E-state index contributed by atoms with van der Waals surface area (Å²) in [5.41, 5.74) is 0. The molecule has 0 aromatic rings. The summed E-state index contributed by atoms with van der Waals surface area (Å²) < 4.78 is 4.83. The summed E-state index contributed by atoms with van der Waals surface area (Å²) in [6.07, 6.45) is 0. The molecule has 3 heteroatoms. The Hall–Kier alpha value is 0.873. The minimum Gasteiger partial charge on any atom is -1.00 e. The summed E-state index contributed by atoms with van der Waals surface area (Å²) in [5.74, 6) is 0. The molecule has 0 aliphatic carbocycles. The Labute approximate surface area is 64.0 Å². The van der Waals surface area contributed by atoms with Gasteiger partial charge in [-0.3, -0.25) is 0 Å². The third-order valence-corrected chi connectivity index (χ3v) is 0.408. The molecule has 40 valence electrons. The SMILES string of the molecule is CCOCC.[Cl-].[Zn+2]. The van der Waals surface area contributed by atoms with Crippen molar-refractivity contribution in [3.63, 3.8) is 0 Å². The Kier molecular flexibility index (Phi) is 35.4. The fourth-order valence-electron chi connectivity index (χ4n) is 0.204. The summed E-state index contributed by atoms with van der Waals surface area (Å²) in [6, 6.07) is 0. The average Bonchev–Trinajstić information content (AvgIpc) is 1.41. The van der Waals surface area contributed by atoms with E-state index in [0.29, 0.717) is 0 Å². The molecule has 0 saturated heterocycles.